The van der Waals surface area contributed by atoms with Crippen molar-refractivity contribution in [1.82, 2.24) is 10.3 Å². The number of fused-ring (bicyclic) bond motifs is 1. The third kappa shape index (κ3) is 4.50. The van der Waals surface area contributed by atoms with Crippen LogP contribution in [0.4, 0.5) is 0 Å². The number of likely N-dealkylation sites (N-methyl/N-ethyl adjacent to an activating group) is 1. The molecule has 0 radical (unpaired) electrons. The highest BCUT2D eigenvalue weighted by Gasteiger charge is 2.22. The van der Waals surface area contributed by atoms with Crippen molar-refractivity contribution in [1.29, 1.82) is 0 Å². The van der Waals surface area contributed by atoms with Crippen LogP contribution in [0.1, 0.15) is 38.6 Å². The molecule has 116 valence electrons. The molecule has 2 rings (SSSR count). The van der Waals surface area contributed by atoms with E-state index < -0.39 is 0 Å². The highest BCUT2D eigenvalue weighted by atomic mass is 32.1. The van der Waals surface area contributed by atoms with Gasteiger partial charge in [-0.1, -0.05) is 32.4 Å². The van der Waals surface area contributed by atoms with E-state index >= 15 is 0 Å². The SMILES string of the molecule is CCCC(OCC)C(Cc1nc2ccccc2s1)NCC. The minimum Gasteiger partial charge on any atom is -0.377 e. The standard InChI is InChI=1S/C17H26N2OS/c1-4-9-15(20-6-3)14(18-5-2)12-17-19-13-10-7-8-11-16(13)21-17/h7-8,10-11,14-15,18H,4-6,9,12H2,1-3H3. The van der Waals surface area contributed by atoms with Gasteiger partial charge in [0.2, 0.25) is 0 Å². The second-order valence-electron chi connectivity index (χ2n) is 5.23. The van der Waals surface area contributed by atoms with Crippen LogP contribution in [0.2, 0.25) is 0 Å². The predicted octanol–water partition coefficient (Wildman–Crippen LogP) is 4.02. The summed E-state index contributed by atoms with van der Waals surface area (Å²) in [5.41, 5.74) is 1.11. The number of ether oxygens (including phenoxy) is 1. The van der Waals surface area contributed by atoms with Crippen molar-refractivity contribution in [2.75, 3.05) is 13.2 Å². The second kappa shape index (κ2) is 8.47. The molecule has 21 heavy (non-hydrogen) atoms. The first-order chi connectivity index (χ1) is 10.3. The minimum absolute atomic E-state index is 0.270. The van der Waals surface area contributed by atoms with Crippen LogP contribution in [-0.2, 0) is 11.2 Å². The summed E-state index contributed by atoms with van der Waals surface area (Å²) in [5.74, 6) is 0. The fourth-order valence-corrected chi connectivity index (χ4v) is 3.72. The molecule has 0 aliphatic rings. The van der Waals surface area contributed by atoms with Crippen LogP contribution in [0.5, 0.6) is 0 Å². The number of para-hydroxylation sites is 1. The summed E-state index contributed by atoms with van der Waals surface area (Å²) in [5, 5.41) is 4.78. The monoisotopic (exact) mass is 306 g/mol. The van der Waals surface area contributed by atoms with Crippen molar-refractivity contribution in [2.45, 2.75) is 52.2 Å². The maximum Gasteiger partial charge on any atom is 0.0955 e. The topological polar surface area (TPSA) is 34.1 Å². The third-order valence-corrected chi connectivity index (χ3v) is 4.66. The zero-order chi connectivity index (χ0) is 15.1. The van der Waals surface area contributed by atoms with Crippen LogP contribution in [-0.4, -0.2) is 30.3 Å². The molecule has 0 aliphatic heterocycles. The van der Waals surface area contributed by atoms with Gasteiger partial charge in [-0.15, -0.1) is 11.3 Å². The summed E-state index contributed by atoms with van der Waals surface area (Å²) >= 11 is 1.80. The Morgan fingerprint density at radius 1 is 1.24 bits per heavy atom. The molecular weight excluding hydrogens is 280 g/mol. The van der Waals surface area contributed by atoms with E-state index in [1.807, 2.05) is 6.07 Å². The Morgan fingerprint density at radius 2 is 2.05 bits per heavy atom. The van der Waals surface area contributed by atoms with E-state index in [4.69, 9.17) is 9.72 Å². The number of hydrogen-bond acceptors (Lipinski definition) is 4. The predicted molar refractivity (Wildman–Crippen MR) is 91.1 cm³/mol. The van der Waals surface area contributed by atoms with Gasteiger partial charge in [0.05, 0.1) is 21.3 Å². The van der Waals surface area contributed by atoms with Crippen LogP contribution < -0.4 is 5.32 Å². The van der Waals surface area contributed by atoms with E-state index in [1.54, 1.807) is 11.3 Å². The summed E-state index contributed by atoms with van der Waals surface area (Å²) < 4.78 is 7.23. The van der Waals surface area contributed by atoms with Crippen molar-refractivity contribution in [3.63, 3.8) is 0 Å². The first kappa shape index (κ1) is 16.4. The average Bonchev–Trinajstić information content (AvgIpc) is 2.89. The lowest BCUT2D eigenvalue weighted by atomic mass is 10.0. The van der Waals surface area contributed by atoms with Crippen molar-refractivity contribution < 1.29 is 4.74 Å². The fourth-order valence-electron chi connectivity index (χ4n) is 2.69. The van der Waals surface area contributed by atoms with Crippen LogP contribution in [0, 0.1) is 0 Å². The Morgan fingerprint density at radius 3 is 2.71 bits per heavy atom. The summed E-state index contributed by atoms with van der Waals surface area (Å²) in [7, 11) is 0. The Hall–Kier alpha value is -0.970. The lowest BCUT2D eigenvalue weighted by Crippen LogP contribution is -2.43. The third-order valence-electron chi connectivity index (χ3n) is 3.60. The van der Waals surface area contributed by atoms with Gasteiger partial charge in [-0.25, -0.2) is 4.98 Å². The Balaban J connectivity index is 2.13. The van der Waals surface area contributed by atoms with Crippen molar-refractivity contribution in [3.8, 4) is 0 Å². The molecule has 0 aliphatic carbocycles. The zero-order valence-electron chi connectivity index (χ0n) is 13.3. The largest absolute Gasteiger partial charge is 0.377 e. The van der Waals surface area contributed by atoms with Crippen LogP contribution in [0.15, 0.2) is 24.3 Å². The smallest absolute Gasteiger partial charge is 0.0955 e. The quantitative estimate of drug-likeness (QED) is 0.759. The molecule has 0 bridgehead atoms. The van der Waals surface area contributed by atoms with Gasteiger partial charge in [0.15, 0.2) is 0 Å². The second-order valence-corrected chi connectivity index (χ2v) is 6.34. The fraction of sp³-hybridized carbons (Fsp3) is 0.588. The lowest BCUT2D eigenvalue weighted by Gasteiger charge is -2.27. The number of rotatable bonds is 9. The number of nitrogens with zero attached hydrogens (tertiary/aromatic N) is 1. The van der Waals surface area contributed by atoms with Crippen molar-refractivity contribution in [3.05, 3.63) is 29.3 Å². The number of thiazole rings is 1. The Labute approximate surface area is 131 Å². The maximum atomic E-state index is 5.96. The van der Waals surface area contributed by atoms with E-state index in [9.17, 15) is 0 Å². The molecule has 0 fully saturated rings. The highest BCUT2D eigenvalue weighted by Crippen LogP contribution is 2.24. The summed E-state index contributed by atoms with van der Waals surface area (Å²) in [4.78, 5) is 4.76. The Bertz CT molecular complexity index is 501. The van der Waals surface area contributed by atoms with E-state index in [0.29, 0.717) is 6.04 Å². The van der Waals surface area contributed by atoms with Gasteiger partial charge in [-0.2, -0.15) is 0 Å². The number of benzene rings is 1. The first-order valence-corrected chi connectivity index (χ1v) is 8.79. The van der Waals surface area contributed by atoms with Crippen molar-refractivity contribution in [2.24, 2.45) is 0 Å². The molecule has 1 heterocycles. The number of nitrogens with one attached hydrogen (secondary N) is 1. The zero-order valence-corrected chi connectivity index (χ0v) is 14.1. The van der Waals surface area contributed by atoms with E-state index in [-0.39, 0.29) is 6.10 Å². The first-order valence-electron chi connectivity index (χ1n) is 7.97. The molecule has 1 aromatic heterocycles. The normalized spacial score (nSPS) is 14.4. The number of hydrogen-bond donors (Lipinski definition) is 1. The van der Waals surface area contributed by atoms with Crippen LogP contribution >= 0.6 is 11.3 Å². The summed E-state index contributed by atoms with van der Waals surface area (Å²) in [6.07, 6.45) is 3.45. The van der Waals surface area contributed by atoms with Gasteiger partial charge < -0.3 is 10.1 Å². The Kier molecular flexibility index (Phi) is 6.61. The van der Waals surface area contributed by atoms with Crippen LogP contribution in [0.3, 0.4) is 0 Å². The molecule has 3 nitrogen and oxygen atoms in total. The molecule has 1 N–H and O–H groups in total. The van der Waals surface area contributed by atoms with E-state index in [0.717, 1.165) is 37.9 Å². The van der Waals surface area contributed by atoms with Crippen molar-refractivity contribution >= 4 is 21.6 Å². The van der Waals surface area contributed by atoms with Gasteiger partial charge in [0.25, 0.3) is 0 Å². The molecule has 0 spiro atoms. The minimum atomic E-state index is 0.270. The molecule has 0 amide bonds. The van der Waals surface area contributed by atoms with E-state index in [1.165, 1.54) is 9.71 Å². The molecule has 2 atom stereocenters. The van der Waals surface area contributed by atoms with Gasteiger partial charge >= 0.3 is 0 Å². The molecule has 4 heteroatoms. The molecule has 2 aromatic rings. The summed E-state index contributed by atoms with van der Waals surface area (Å²) in [6, 6.07) is 8.70. The average molecular weight is 306 g/mol. The molecule has 1 aromatic carbocycles. The van der Waals surface area contributed by atoms with Crippen LogP contribution in [0.25, 0.3) is 10.2 Å². The van der Waals surface area contributed by atoms with Gasteiger partial charge in [0, 0.05) is 19.1 Å². The highest BCUT2D eigenvalue weighted by molar-refractivity contribution is 7.18. The summed E-state index contributed by atoms with van der Waals surface area (Å²) in [6.45, 7) is 8.17. The molecule has 0 saturated heterocycles. The lowest BCUT2D eigenvalue weighted by molar-refractivity contribution is 0.0285. The maximum absolute atomic E-state index is 5.96. The molecule has 0 saturated carbocycles. The molecule has 2 unspecified atom stereocenters. The van der Waals surface area contributed by atoms with Gasteiger partial charge in [0.1, 0.15) is 0 Å². The van der Waals surface area contributed by atoms with E-state index in [2.05, 4.69) is 44.3 Å². The van der Waals surface area contributed by atoms with Gasteiger partial charge in [-0.3, -0.25) is 0 Å². The molecular formula is C17H26N2OS. The van der Waals surface area contributed by atoms with Gasteiger partial charge in [-0.05, 0) is 32.0 Å². The number of aromatic nitrogens is 1.